The summed E-state index contributed by atoms with van der Waals surface area (Å²) in [5, 5.41) is 9.51. The van der Waals surface area contributed by atoms with Gasteiger partial charge in [0.1, 0.15) is 0 Å². The van der Waals surface area contributed by atoms with E-state index in [0.29, 0.717) is 0 Å². The van der Waals surface area contributed by atoms with E-state index >= 15 is 0 Å². The van der Waals surface area contributed by atoms with Crippen LogP contribution in [-0.2, 0) is 6.42 Å². The Balaban J connectivity index is 2.17. The van der Waals surface area contributed by atoms with Crippen molar-refractivity contribution < 1.29 is 5.11 Å². The second-order valence-electron chi connectivity index (χ2n) is 4.51. The van der Waals surface area contributed by atoms with Gasteiger partial charge in [0, 0.05) is 0 Å². The molecule has 1 aromatic rings. The van der Waals surface area contributed by atoms with Gasteiger partial charge in [0.25, 0.3) is 0 Å². The van der Waals surface area contributed by atoms with E-state index in [9.17, 15) is 5.11 Å². The van der Waals surface area contributed by atoms with Gasteiger partial charge in [-0.2, -0.15) is 0 Å². The minimum atomic E-state index is -0.503. The average molecular weight is 192 g/mol. The Hall–Kier alpha value is -0.820. The summed E-state index contributed by atoms with van der Waals surface area (Å²) < 4.78 is 0. The van der Waals surface area contributed by atoms with Gasteiger partial charge in [-0.3, -0.25) is 0 Å². The molecule has 14 heavy (non-hydrogen) atoms. The largest absolute Gasteiger partial charge is 0.390 e. The van der Waals surface area contributed by atoms with Gasteiger partial charge in [-0.05, 0) is 38.7 Å². The first-order valence-corrected chi connectivity index (χ1v) is 5.34. The molecule has 78 valence electrons. The highest BCUT2D eigenvalue weighted by Gasteiger charge is 2.10. The normalized spacial score (nSPS) is 11.6. The molecule has 0 unspecified atom stereocenters. The van der Waals surface area contributed by atoms with Gasteiger partial charge in [-0.15, -0.1) is 0 Å². The van der Waals surface area contributed by atoms with E-state index in [1.165, 1.54) is 5.56 Å². The zero-order valence-electron chi connectivity index (χ0n) is 9.16. The van der Waals surface area contributed by atoms with Crippen LogP contribution in [0.25, 0.3) is 0 Å². The highest BCUT2D eigenvalue weighted by molar-refractivity contribution is 5.14. The summed E-state index contributed by atoms with van der Waals surface area (Å²) in [6.07, 6.45) is 4.27. The third-order valence-corrected chi connectivity index (χ3v) is 2.35. The molecule has 0 aliphatic carbocycles. The number of rotatable bonds is 5. The first kappa shape index (κ1) is 11.3. The van der Waals surface area contributed by atoms with Crippen molar-refractivity contribution in [1.82, 2.24) is 0 Å². The number of aryl methyl sites for hydroxylation is 1. The minimum absolute atomic E-state index is 0.503. The van der Waals surface area contributed by atoms with Crippen molar-refractivity contribution in [2.24, 2.45) is 0 Å². The molecular formula is C13H20O. The van der Waals surface area contributed by atoms with E-state index in [2.05, 4.69) is 24.3 Å². The van der Waals surface area contributed by atoms with E-state index < -0.39 is 5.60 Å². The van der Waals surface area contributed by atoms with Crippen molar-refractivity contribution in [3.8, 4) is 0 Å². The molecule has 1 heteroatoms. The van der Waals surface area contributed by atoms with Crippen LogP contribution in [0.3, 0.4) is 0 Å². The summed E-state index contributed by atoms with van der Waals surface area (Å²) in [5.41, 5.74) is 0.889. The molecule has 0 saturated heterocycles. The van der Waals surface area contributed by atoms with Crippen molar-refractivity contribution in [1.29, 1.82) is 0 Å². The lowest BCUT2D eigenvalue weighted by molar-refractivity contribution is 0.0682. The van der Waals surface area contributed by atoms with Gasteiger partial charge < -0.3 is 5.11 Å². The lowest BCUT2D eigenvalue weighted by Crippen LogP contribution is -2.17. The first-order valence-electron chi connectivity index (χ1n) is 5.34. The van der Waals surface area contributed by atoms with Gasteiger partial charge in [-0.1, -0.05) is 36.8 Å². The Morgan fingerprint density at radius 1 is 1.07 bits per heavy atom. The van der Waals surface area contributed by atoms with Crippen molar-refractivity contribution in [3.05, 3.63) is 35.9 Å². The minimum Gasteiger partial charge on any atom is -0.390 e. The molecule has 1 N–H and O–H groups in total. The summed E-state index contributed by atoms with van der Waals surface area (Å²) >= 11 is 0. The zero-order chi connectivity index (χ0) is 10.4. The molecule has 0 fully saturated rings. The molecule has 0 saturated carbocycles. The van der Waals surface area contributed by atoms with Gasteiger partial charge in [-0.25, -0.2) is 0 Å². The topological polar surface area (TPSA) is 20.2 Å². The molecule has 0 amide bonds. The molecule has 0 heterocycles. The summed E-state index contributed by atoms with van der Waals surface area (Å²) in [6.45, 7) is 3.74. The Kier molecular flexibility index (Phi) is 4.15. The summed E-state index contributed by atoms with van der Waals surface area (Å²) in [4.78, 5) is 0. The van der Waals surface area contributed by atoms with Crippen molar-refractivity contribution in [2.75, 3.05) is 0 Å². The molecule has 1 aromatic carbocycles. The third-order valence-electron chi connectivity index (χ3n) is 2.35. The second kappa shape index (κ2) is 5.16. The summed E-state index contributed by atoms with van der Waals surface area (Å²) in [7, 11) is 0. The van der Waals surface area contributed by atoms with Crippen LogP contribution in [0.5, 0.6) is 0 Å². The number of aliphatic hydroxyl groups is 1. The maximum atomic E-state index is 9.51. The quantitative estimate of drug-likeness (QED) is 0.710. The van der Waals surface area contributed by atoms with Crippen LogP contribution in [-0.4, -0.2) is 10.7 Å². The molecule has 0 radical (unpaired) electrons. The second-order valence-corrected chi connectivity index (χ2v) is 4.51. The van der Waals surface area contributed by atoms with Gasteiger partial charge in [0.05, 0.1) is 5.60 Å². The Labute approximate surface area is 86.8 Å². The maximum absolute atomic E-state index is 9.51. The number of hydrogen-bond acceptors (Lipinski definition) is 1. The van der Waals surface area contributed by atoms with Crippen LogP contribution in [0.15, 0.2) is 30.3 Å². The molecule has 1 nitrogen and oxygen atoms in total. The van der Waals surface area contributed by atoms with E-state index in [1.54, 1.807) is 0 Å². The molecular weight excluding hydrogens is 172 g/mol. The highest BCUT2D eigenvalue weighted by atomic mass is 16.3. The van der Waals surface area contributed by atoms with Crippen molar-refractivity contribution >= 4 is 0 Å². The van der Waals surface area contributed by atoms with Crippen LogP contribution in [0.4, 0.5) is 0 Å². The summed E-state index contributed by atoms with van der Waals surface area (Å²) in [5.74, 6) is 0. The molecule has 0 bridgehead atoms. The zero-order valence-corrected chi connectivity index (χ0v) is 9.16. The standard InChI is InChI=1S/C13H20O/c1-13(2,14)11-7-6-10-12-8-4-3-5-9-12/h3-5,8-9,14H,6-7,10-11H2,1-2H3. The van der Waals surface area contributed by atoms with E-state index in [1.807, 2.05) is 19.9 Å². The molecule has 0 aliphatic heterocycles. The molecule has 1 rings (SSSR count). The first-order chi connectivity index (χ1) is 6.58. The molecule has 0 aliphatic rings. The molecule has 0 aromatic heterocycles. The number of unbranched alkanes of at least 4 members (excludes halogenated alkanes) is 1. The predicted molar refractivity (Wildman–Crippen MR) is 60.3 cm³/mol. The van der Waals surface area contributed by atoms with Gasteiger partial charge >= 0.3 is 0 Å². The van der Waals surface area contributed by atoms with Crippen LogP contribution >= 0.6 is 0 Å². The smallest absolute Gasteiger partial charge is 0.0591 e. The Morgan fingerprint density at radius 3 is 2.29 bits per heavy atom. The SMILES string of the molecule is CC(C)(O)CCCCc1ccccc1. The summed E-state index contributed by atoms with van der Waals surface area (Å²) in [6, 6.07) is 10.5. The van der Waals surface area contributed by atoms with Crippen LogP contribution in [0.1, 0.15) is 38.7 Å². The third kappa shape index (κ3) is 5.03. The lowest BCUT2D eigenvalue weighted by atomic mass is 9.99. The van der Waals surface area contributed by atoms with E-state index in [4.69, 9.17) is 0 Å². The van der Waals surface area contributed by atoms with Gasteiger partial charge in [0.2, 0.25) is 0 Å². The predicted octanol–water partition coefficient (Wildman–Crippen LogP) is 3.17. The Bertz CT molecular complexity index is 246. The molecule has 0 spiro atoms. The average Bonchev–Trinajstić information content (AvgIpc) is 2.13. The monoisotopic (exact) mass is 192 g/mol. The van der Waals surface area contributed by atoms with Crippen LogP contribution in [0.2, 0.25) is 0 Å². The molecule has 0 atom stereocenters. The van der Waals surface area contributed by atoms with E-state index in [-0.39, 0.29) is 0 Å². The lowest BCUT2D eigenvalue weighted by Gasteiger charge is -2.16. The number of benzene rings is 1. The Morgan fingerprint density at radius 2 is 1.71 bits per heavy atom. The fourth-order valence-corrected chi connectivity index (χ4v) is 1.53. The van der Waals surface area contributed by atoms with Crippen LogP contribution < -0.4 is 0 Å². The van der Waals surface area contributed by atoms with Crippen LogP contribution in [0, 0.1) is 0 Å². The fourth-order valence-electron chi connectivity index (χ4n) is 1.53. The highest BCUT2D eigenvalue weighted by Crippen LogP contribution is 2.13. The van der Waals surface area contributed by atoms with Crippen molar-refractivity contribution in [3.63, 3.8) is 0 Å². The number of hydrogen-bond donors (Lipinski definition) is 1. The van der Waals surface area contributed by atoms with Gasteiger partial charge in [0.15, 0.2) is 0 Å². The van der Waals surface area contributed by atoms with E-state index in [0.717, 1.165) is 25.7 Å². The fraction of sp³-hybridized carbons (Fsp3) is 0.538. The maximum Gasteiger partial charge on any atom is 0.0591 e. The van der Waals surface area contributed by atoms with Crippen molar-refractivity contribution in [2.45, 2.75) is 45.1 Å².